The molecule has 8 heteroatoms. The second-order valence-corrected chi connectivity index (χ2v) is 9.06. The molecule has 5 aromatic rings. The first kappa shape index (κ1) is 23.9. The molecule has 3 aromatic carbocycles. The van der Waals surface area contributed by atoms with Crippen LogP contribution in [0, 0.1) is 0 Å². The number of anilines is 1. The van der Waals surface area contributed by atoms with Gasteiger partial charge in [0, 0.05) is 18.3 Å². The highest BCUT2D eigenvalue weighted by molar-refractivity contribution is 6.39. The van der Waals surface area contributed by atoms with Gasteiger partial charge in [0.25, 0.3) is 5.91 Å². The van der Waals surface area contributed by atoms with Crippen molar-refractivity contribution in [3.8, 4) is 5.75 Å². The molecular weight excluding hydrogens is 495 g/mol. The number of ether oxygens (including phenoxy) is 1. The molecule has 0 aliphatic heterocycles. The van der Waals surface area contributed by atoms with Crippen molar-refractivity contribution in [2.24, 2.45) is 0 Å². The van der Waals surface area contributed by atoms with Gasteiger partial charge in [-0.3, -0.25) is 9.78 Å². The Kier molecular flexibility index (Phi) is 6.89. The van der Waals surface area contributed by atoms with Crippen molar-refractivity contribution in [1.29, 1.82) is 0 Å². The first-order valence-electron chi connectivity index (χ1n) is 11.3. The summed E-state index contributed by atoms with van der Waals surface area (Å²) in [6.07, 6.45) is 3.58. The topological polar surface area (TPSA) is 79.9 Å². The molecule has 0 aliphatic carbocycles. The van der Waals surface area contributed by atoms with Gasteiger partial charge in [0.2, 0.25) is 0 Å². The molecule has 1 amide bonds. The summed E-state index contributed by atoms with van der Waals surface area (Å²) >= 11 is 12.4. The Bertz CT molecular complexity index is 1500. The van der Waals surface area contributed by atoms with E-state index in [0.717, 1.165) is 17.8 Å². The third-order valence-electron chi connectivity index (χ3n) is 6.00. The number of halogens is 2. The molecule has 0 saturated carbocycles. The van der Waals surface area contributed by atoms with Gasteiger partial charge in [0.15, 0.2) is 0 Å². The highest BCUT2D eigenvalue weighted by Crippen LogP contribution is 2.34. The van der Waals surface area contributed by atoms with Gasteiger partial charge >= 0.3 is 0 Å². The van der Waals surface area contributed by atoms with Gasteiger partial charge in [-0.2, -0.15) is 0 Å². The Balaban J connectivity index is 1.60. The summed E-state index contributed by atoms with van der Waals surface area (Å²) in [5.41, 5.74) is 4.09. The summed E-state index contributed by atoms with van der Waals surface area (Å²) in [6, 6.07) is 23.8. The summed E-state index contributed by atoms with van der Waals surface area (Å²) in [5, 5.41) is 3.29. The number of nitrogens with one attached hydrogen (secondary N) is 2. The minimum atomic E-state index is -0.393. The lowest BCUT2D eigenvalue weighted by Gasteiger charge is -2.15. The van der Waals surface area contributed by atoms with E-state index in [1.165, 1.54) is 18.0 Å². The van der Waals surface area contributed by atoms with E-state index in [1.54, 1.807) is 19.2 Å². The van der Waals surface area contributed by atoms with E-state index in [4.69, 9.17) is 32.9 Å². The zero-order chi connectivity index (χ0) is 25.1. The SMILES string of the molecule is COc1ccc(C(=O)Nc2c(Cl)cncc2Cl)c2nc(C(Cc3ccccc3)c3ccccc3)[nH]c12. The lowest BCUT2D eigenvalue weighted by atomic mass is 9.91. The molecule has 1 atom stereocenters. The fraction of sp³-hybridized carbons (Fsp3) is 0.107. The number of rotatable bonds is 7. The van der Waals surface area contributed by atoms with Crippen molar-refractivity contribution >= 4 is 45.8 Å². The standard InChI is InChI=1S/C28H22Cl2N4O2/c1-36-23-13-12-19(28(35)34-25-21(29)15-31-16-22(25)30)24-26(23)33-27(32-24)20(18-10-6-3-7-11-18)14-17-8-4-2-5-9-17/h2-13,15-16,20H,14H2,1H3,(H,32,33)(H,31,34,35). The summed E-state index contributed by atoms with van der Waals surface area (Å²) in [7, 11) is 1.59. The van der Waals surface area contributed by atoms with Crippen LogP contribution in [0.5, 0.6) is 5.75 Å². The van der Waals surface area contributed by atoms with Gasteiger partial charge in [-0.15, -0.1) is 0 Å². The van der Waals surface area contributed by atoms with Crippen molar-refractivity contribution in [3.63, 3.8) is 0 Å². The minimum absolute atomic E-state index is 0.0642. The molecule has 0 saturated heterocycles. The van der Waals surface area contributed by atoms with Crippen LogP contribution in [0.1, 0.15) is 33.2 Å². The van der Waals surface area contributed by atoms with Crippen LogP contribution in [0.25, 0.3) is 11.0 Å². The molecule has 0 spiro atoms. The second-order valence-electron chi connectivity index (χ2n) is 8.25. The summed E-state index contributed by atoms with van der Waals surface area (Å²) < 4.78 is 5.58. The predicted molar refractivity (Wildman–Crippen MR) is 143 cm³/mol. The van der Waals surface area contributed by atoms with Gasteiger partial charge in [0.1, 0.15) is 22.6 Å². The number of aromatic amines is 1. The monoisotopic (exact) mass is 516 g/mol. The molecule has 180 valence electrons. The van der Waals surface area contributed by atoms with E-state index in [2.05, 4.69) is 39.6 Å². The molecule has 1 unspecified atom stereocenters. The number of imidazole rings is 1. The molecule has 2 N–H and O–H groups in total. The quantitative estimate of drug-likeness (QED) is 0.246. The molecule has 2 aromatic heterocycles. The van der Waals surface area contributed by atoms with E-state index in [0.29, 0.717) is 28.0 Å². The number of nitrogens with zero attached hydrogens (tertiary/aromatic N) is 2. The van der Waals surface area contributed by atoms with Crippen molar-refractivity contribution in [2.75, 3.05) is 12.4 Å². The van der Waals surface area contributed by atoms with Crippen LogP contribution in [0.15, 0.2) is 85.2 Å². The van der Waals surface area contributed by atoms with Gasteiger partial charge in [0.05, 0.1) is 28.4 Å². The summed E-state index contributed by atoms with van der Waals surface area (Å²) in [5.74, 6) is 0.867. The number of amides is 1. The minimum Gasteiger partial charge on any atom is -0.494 e. The number of H-pyrrole nitrogens is 1. The highest BCUT2D eigenvalue weighted by atomic mass is 35.5. The third-order valence-corrected chi connectivity index (χ3v) is 6.57. The van der Waals surface area contributed by atoms with Crippen molar-refractivity contribution in [3.05, 3.63) is 118 Å². The van der Waals surface area contributed by atoms with Crippen molar-refractivity contribution < 1.29 is 9.53 Å². The van der Waals surface area contributed by atoms with Crippen LogP contribution in [-0.4, -0.2) is 28.0 Å². The molecule has 0 radical (unpaired) electrons. The van der Waals surface area contributed by atoms with E-state index in [1.807, 2.05) is 36.4 Å². The van der Waals surface area contributed by atoms with Crippen LogP contribution in [-0.2, 0) is 6.42 Å². The molecule has 6 nitrogen and oxygen atoms in total. The van der Waals surface area contributed by atoms with Gasteiger partial charge in [-0.25, -0.2) is 4.98 Å². The molecule has 0 aliphatic rings. The van der Waals surface area contributed by atoms with Crippen LogP contribution < -0.4 is 10.1 Å². The molecule has 36 heavy (non-hydrogen) atoms. The molecular formula is C28H22Cl2N4O2. The fourth-order valence-electron chi connectivity index (χ4n) is 4.22. The number of methoxy groups -OCH3 is 1. The van der Waals surface area contributed by atoms with Gasteiger partial charge in [-0.1, -0.05) is 83.9 Å². The number of hydrogen-bond donors (Lipinski definition) is 2. The van der Waals surface area contributed by atoms with Gasteiger partial charge in [-0.05, 0) is 29.7 Å². The van der Waals surface area contributed by atoms with Gasteiger partial charge < -0.3 is 15.0 Å². The highest BCUT2D eigenvalue weighted by Gasteiger charge is 2.24. The molecule has 0 bridgehead atoms. The number of benzene rings is 3. The zero-order valence-electron chi connectivity index (χ0n) is 19.3. The number of hydrogen-bond acceptors (Lipinski definition) is 4. The summed E-state index contributed by atoms with van der Waals surface area (Å²) in [6.45, 7) is 0. The van der Waals surface area contributed by atoms with Crippen molar-refractivity contribution in [1.82, 2.24) is 15.0 Å². The van der Waals surface area contributed by atoms with E-state index in [9.17, 15) is 4.79 Å². The number of pyridine rings is 1. The van der Waals surface area contributed by atoms with Crippen LogP contribution in [0.2, 0.25) is 10.0 Å². The lowest BCUT2D eigenvalue weighted by Crippen LogP contribution is -2.13. The maximum atomic E-state index is 13.3. The first-order valence-corrected chi connectivity index (χ1v) is 12.1. The zero-order valence-corrected chi connectivity index (χ0v) is 20.8. The Morgan fingerprint density at radius 1 is 0.972 bits per heavy atom. The van der Waals surface area contributed by atoms with E-state index in [-0.39, 0.29) is 16.0 Å². The Morgan fingerprint density at radius 3 is 2.31 bits per heavy atom. The largest absolute Gasteiger partial charge is 0.494 e. The number of aromatic nitrogens is 3. The molecule has 0 fully saturated rings. The van der Waals surface area contributed by atoms with E-state index < -0.39 is 5.91 Å². The molecule has 5 rings (SSSR count). The Hall–Kier alpha value is -3.87. The van der Waals surface area contributed by atoms with Crippen LogP contribution >= 0.6 is 23.2 Å². The maximum absolute atomic E-state index is 13.3. The second kappa shape index (κ2) is 10.4. The van der Waals surface area contributed by atoms with E-state index >= 15 is 0 Å². The fourth-order valence-corrected chi connectivity index (χ4v) is 4.68. The van der Waals surface area contributed by atoms with Crippen LogP contribution in [0.4, 0.5) is 5.69 Å². The normalized spacial score (nSPS) is 11.9. The molecule has 2 heterocycles. The Labute approximate surface area is 218 Å². The number of fused-ring (bicyclic) bond motifs is 1. The smallest absolute Gasteiger partial charge is 0.258 e. The van der Waals surface area contributed by atoms with Crippen molar-refractivity contribution in [2.45, 2.75) is 12.3 Å². The predicted octanol–water partition coefficient (Wildman–Crippen LogP) is 6.90. The number of carbonyl (C=O) groups excluding carboxylic acids is 1. The maximum Gasteiger partial charge on any atom is 0.258 e. The number of carbonyl (C=O) groups is 1. The average molecular weight is 517 g/mol. The summed E-state index contributed by atoms with van der Waals surface area (Å²) in [4.78, 5) is 25.6. The lowest BCUT2D eigenvalue weighted by molar-refractivity contribution is 0.102. The first-order chi connectivity index (χ1) is 17.5. The van der Waals surface area contributed by atoms with Crippen LogP contribution in [0.3, 0.4) is 0 Å². The average Bonchev–Trinajstić information content (AvgIpc) is 3.35. The Morgan fingerprint density at radius 2 is 1.64 bits per heavy atom. The third kappa shape index (κ3) is 4.78.